The third-order valence-corrected chi connectivity index (χ3v) is 4.44. The van der Waals surface area contributed by atoms with Gasteiger partial charge in [-0.25, -0.2) is 13.1 Å². The molecule has 22 heavy (non-hydrogen) atoms. The van der Waals surface area contributed by atoms with Crippen LogP contribution >= 0.6 is 0 Å². The largest absolute Gasteiger partial charge is 0.456 e. The lowest BCUT2D eigenvalue weighted by molar-refractivity contribution is 0.0922. The highest BCUT2D eigenvalue weighted by atomic mass is 32.2. The average Bonchev–Trinajstić information content (AvgIpc) is 2.92. The smallest absolute Gasteiger partial charge is 0.287 e. The van der Waals surface area contributed by atoms with Crippen molar-refractivity contribution in [1.82, 2.24) is 10.0 Å². The molecule has 0 saturated heterocycles. The van der Waals surface area contributed by atoms with Crippen molar-refractivity contribution < 1.29 is 17.6 Å². The third-order valence-electron chi connectivity index (χ3n) is 3.11. The average molecular weight is 322 g/mol. The fourth-order valence-corrected chi connectivity index (χ4v) is 2.65. The Morgan fingerprint density at radius 3 is 2.27 bits per heavy atom. The number of aryl methyl sites for hydroxylation is 1. The van der Waals surface area contributed by atoms with E-state index in [0.717, 1.165) is 5.56 Å². The SMILES string of the molecule is CNS(=O)(=O)Cc1ccc(CNC(=O)c2ccc(C)o2)cc1. The summed E-state index contributed by atoms with van der Waals surface area (Å²) in [6.45, 7) is 2.12. The van der Waals surface area contributed by atoms with Gasteiger partial charge >= 0.3 is 0 Å². The van der Waals surface area contributed by atoms with Crippen molar-refractivity contribution in [3.05, 3.63) is 59.0 Å². The molecule has 7 heteroatoms. The molecule has 2 aromatic rings. The standard InChI is InChI=1S/C15H18N2O4S/c1-11-3-8-14(21-11)15(18)17-9-12-4-6-13(7-5-12)10-22(19,20)16-2/h3-8,16H,9-10H2,1-2H3,(H,17,18). The fourth-order valence-electron chi connectivity index (χ4n) is 1.87. The molecule has 0 bridgehead atoms. The van der Waals surface area contributed by atoms with Crippen LogP contribution in [0.25, 0.3) is 0 Å². The molecule has 2 rings (SSSR count). The van der Waals surface area contributed by atoms with E-state index in [-0.39, 0.29) is 17.4 Å². The van der Waals surface area contributed by atoms with E-state index < -0.39 is 10.0 Å². The Morgan fingerprint density at radius 1 is 1.09 bits per heavy atom. The minimum atomic E-state index is -3.28. The zero-order chi connectivity index (χ0) is 16.2. The molecule has 0 spiro atoms. The second kappa shape index (κ2) is 6.76. The minimum Gasteiger partial charge on any atom is -0.456 e. The van der Waals surface area contributed by atoms with E-state index in [9.17, 15) is 13.2 Å². The highest BCUT2D eigenvalue weighted by Crippen LogP contribution is 2.09. The Morgan fingerprint density at radius 2 is 1.73 bits per heavy atom. The van der Waals surface area contributed by atoms with E-state index in [0.29, 0.717) is 17.9 Å². The summed E-state index contributed by atoms with van der Waals surface area (Å²) in [5.41, 5.74) is 1.56. The van der Waals surface area contributed by atoms with Crippen LogP contribution in [0.3, 0.4) is 0 Å². The van der Waals surface area contributed by atoms with Crippen molar-refractivity contribution in [2.24, 2.45) is 0 Å². The van der Waals surface area contributed by atoms with Crippen LogP contribution in [0.15, 0.2) is 40.8 Å². The van der Waals surface area contributed by atoms with Gasteiger partial charge in [-0.05, 0) is 37.2 Å². The molecule has 0 atom stereocenters. The fraction of sp³-hybridized carbons (Fsp3) is 0.267. The van der Waals surface area contributed by atoms with Gasteiger partial charge in [0.05, 0.1) is 5.75 Å². The molecule has 0 aliphatic heterocycles. The van der Waals surface area contributed by atoms with Crippen molar-refractivity contribution in [3.8, 4) is 0 Å². The van der Waals surface area contributed by atoms with E-state index in [1.165, 1.54) is 7.05 Å². The first-order valence-electron chi connectivity index (χ1n) is 6.73. The summed E-state index contributed by atoms with van der Waals surface area (Å²) in [5, 5.41) is 2.74. The topological polar surface area (TPSA) is 88.4 Å². The molecule has 0 saturated carbocycles. The van der Waals surface area contributed by atoms with E-state index >= 15 is 0 Å². The number of benzene rings is 1. The Labute approximate surface area is 129 Å². The number of sulfonamides is 1. The molecule has 1 aromatic heterocycles. The Kier molecular flexibility index (Phi) is 4.99. The molecule has 2 N–H and O–H groups in total. The summed E-state index contributed by atoms with van der Waals surface area (Å²) in [6.07, 6.45) is 0. The lowest BCUT2D eigenvalue weighted by Gasteiger charge is -2.06. The molecular weight excluding hydrogens is 304 g/mol. The molecule has 0 aliphatic carbocycles. The number of hydrogen-bond acceptors (Lipinski definition) is 4. The molecule has 1 aromatic carbocycles. The normalized spacial score (nSPS) is 11.4. The second-order valence-corrected chi connectivity index (χ2v) is 6.80. The summed E-state index contributed by atoms with van der Waals surface area (Å²) >= 11 is 0. The van der Waals surface area contributed by atoms with E-state index in [1.807, 2.05) is 0 Å². The molecular formula is C15H18N2O4S. The lowest BCUT2D eigenvalue weighted by Crippen LogP contribution is -2.22. The van der Waals surface area contributed by atoms with Crippen LogP contribution in [-0.2, 0) is 22.3 Å². The summed E-state index contributed by atoms with van der Waals surface area (Å²) in [6, 6.07) is 10.4. The molecule has 6 nitrogen and oxygen atoms in total. The quantitative estimate of drug-likeness (QED) is 0.845. The van der Waals surface area contributed by atoms with E-state index in [2.05, 4.69) is 10.0 Å². The van der Waals surface area contributed by atoms with Crippen molar-refractivity contribution in [3.63, 3.8) is 0 Å². The van der Waals surface area contributed by atoms with Crippen LogP contribution in [0, 0.1) is 6.92 Å². The number of carbonyl (C=O) groups excluding carboxylic acids is 1. The summed E-state index contributed by atoms with van der Waals surface area (Å²) in [4.78, 5) is 11.8. The maximum absolute atomic E-state index is 11.8. The number of amides is 1. The first-order chi connectivity index (χ1) is 10.4. The van der Waals surface area contributed by atoms with Crippen molar-refractivity contribution in [1.29, 1.82) is 0 Å². The molecule has 118 valence electrons. The summed E-state index contributed by atoms with van der Waals surface area (Å²) < 4.78 is 30.4. The van der Waals surface area contributed by atoms with Crippen LogP contribution in [-0.4, -0.2) is 21.4 Å². The van der Waals surface area contributed by atoms with Gasteiger partial charge in [-0.1, -0.05) is 24.3 Å². The molecule has 0 unspecified atom stereocenters. The Hall–Kier alpha value is -2.12. The number of carbonyl (C=O) groups is 1. The molecule has 0 aliphatic rings. The zero-order valence-electron chi connectivity index (χ0n) is 12.4. The van der Waals surface area contributed by atoms with Gasteiger partial charge < -0.3 is 9.73 Å². The molecule has 0 fully saturated rings. The van der Waals surface area contributed by atoms with Crippen LogP contribution in [0.5, 0.6) is 0 Å². The van der Waals surface area contributed by atoms with Gasteiger partial charge in [0.15, 0.2) is 5.76 Å². The summed E-state index contributed by atoms with van der Waals surface area (Å²) in [7, 11) is -1.89. The van der Waals surface area contributed by atoms with Gasteiger partial charge in [-0.15, -0.1) is 0 Å². The first kappa shape index (κ1) is 16.3. The Balaban J connectivity index is 1.93. The van der Waals surface area contributed by atoms with Crippen LogP contribution in [0.2, 0.25) is 0 Å². The van der Waals surface area contributed by atoms with Gasteiger partial charge in [-0.2, -0.15) is 0 Å². The van der Waals surface area contributed by atoms with E-state index in [4.69, 9.17) is 4.42 Å². The highest BCUT2D eigenvalue weighted by molar-refractivity contribution is 7.88. The number of furan rings is 1. The maximum atomic E-state index is 11.8. The van der Waals surface area contributed by atoms with Crippen LogP contribution in [0.4, 0.5) is 0 Å². The minimum absolute atomic E-state index is 0.0676. The lowest BCUT2D eigenvalue weighted by atomic mass is 10.1. The second-order valence-electron chi connectivity index (χ2n) is 4.87. The van der Waals surface area contributed by atoms with Crippen LogP contribution < -0.4 is 10.0 Å². The monoisotopic (exact) mass is 322 g/mol. The first-order valence-corrected chi connectivity index (χ1v) is 8.38. The highest BCUT2D eigenvalue weighted by Gasteiger charge is 2.10. The van der Waals surface area contributed by atoms with Gasteiger partial charge in [0, 0.05) is 6.54 Å². The van der Waals surface area contributed by atoms with Gasteiger partial charge in [0.2, 0.25) is 10.0 Å². The molecule has 0 radical (unpaired) electrons. The number of rotatable bonds is 6. The number of hydrogen-bond donors (Lipinski definition) is 2. The zero-order valence-corrected chi connectivity index (χ0v) is 13.2. The number of nitrogens with one attached hydrogen (secondary N) is 2. The van der Waals surface area contributed by atoms with Crippen molar-refractivity contribution >= 4 is 15.9 Å². The predicted molar refractivity (Wildman–Crippen MR) is 82.7 cm³/mol. The van der Waals surface area contributed by atoms with Crippen molar-refractivity contribution in [2.75, 3.05) is 7.05 Å². The van der Waals surface area contributed by atoms with Gasteiger partial charge in [0.1, 0.15) is 5.76 Å². The van der Waals surface area contributed by atoms with Gasteiger partial charge in [0.25, 0.3) is 5.91 Å². The van der Waals surface area contributed by atoms with Crippen LogP contribution in [0.1, 0.15) is 27.4 Å². The molecule has 1 amide bonds. The van der Waals surface area contributed by atoms with Gasteiger partial charge in [-0.3, -0.25) is 4.79 Å². The Bertz CT molecular complexity index is 748. The summed E-state index contributed by atoms with van der Waals surface area (Å²) in [5.74, 6) is 0.603. The predicted octanol–water partition coefficient (Wildman–Crippen LogP) is 1.57. The maximum Gasteiger partial charge on any atom is 0.287 e. The van der Waals surface area contributed by atoms with E-state index in [1.54, 1.807) is 43.3 Å². The van der Waals surface area contributed by atoms with Crippen molar-refractivity contribution in [2.45, 2.75) is 19.2 Å². The molecule has 1 heterocycles. The third kappa shape index (κ3) is 4.44.